The van der Waals surface area contributed by atoms with Crippen molar-refractivity contribution in [3.63, 3.8) is 0 Å². The van der Waals surface area contributed by atoms with Crippen molar-refractivity contribution in [2.45, 2.75) is 70.0 Å². The summed E-state index contributed by atoms with van der Waals surface area (Å²) in [5.41, 5.74) is -0.612. The maximum Gasteiger partial charge on any atom is 0.351 e. The molecule has 11 nitrogen and oxygen atoms in total. The molecule has 1 aromatic heterocycles. The Morgan fingerprint density at radius 1 is 1.18 bits per heavy atom. The standard InChI is InChI=1S/C20H35N4O7P3/c1-13(25)6-2-3-7-16(26)22-10-5-4-9-21-15-8-11-24(20(29)23-15)19-18(28)17(27)14(31-19)12-30-34(32)33/h8,11,14,17-19,27-28H,2-7,9-10,12,32-33H2,1H3,(H,22,26)(H,21,23,29). The van der Waals surface area contributed by atoms with Crippen LogP contribution in [-0.2, 0) is 18.8 Å². The van der Waals surface area contributed by atoms with Crippen molar-refractivity contribution in [3.05, 3.63) is 22.7 Å². The molecule has 1 fully saturated rings. The summed E-state index contributed by atoms with van der Waals surface area (Å²) in [4.78, 5) is 39.0. The molecule has 2 heterocycles. The van der Waals surface area contributed by atoms with Gasteiger partial charge in [0.1, 0.15) is 29.9 Å². The number of ether oxygens (including phenoxy) is 1. The van der Waals surface area contributed by atoms with Gasteiger partial charge >= 0.3 is 5.69 Å². The Morgan fingerprint density at radius 2 is 1.88 bits per heavy atom. The van der Waals surface area contributed by atoms with Crippen LogP contribution in [0, 0.1) is 0 Å². The number of hydrogen-bond acceptors (Lipinski definition) is 9. The summed E-state index contributed by atoms with van der Waals surface area (Å²) in [6.45, 7) is 2.77. The van der Waals surface area contributed by atoms with Crippen molar-refractivity contribution >= 4 is 42.9 Å². The number of carbonyl (C=O) groups excluding carboxylic acids is 2. The molecule has 1 aliphatic heterocycles. The monoisotopic (exact) mass is 536 g/mol. The SMILES string of the molecule is CC(=O)CCCCC(=O)NCCCCNc1ccn(C2OC(COP(P)P)C(O)C2O)c(=O)n1. The molecule has 1 aromatic rings. The van der Waals surface area contributed by atoms with E-state index in [1.807, 2.05) is 0 Å². The fraction of sp³-hybridized carbons (Fsp3) is 0.700. The molecule has 0 aliphatic carbocycles. The van der Waals surface area contributed by atoms with Crippen LogP contribution in [-0.4, -0.2) is 69.5 Å². The highest BCUT2D eigenvalue weighted by atomic mass is 32.4. The summed E-state index contributed by atoms with van der Waals surface area (Å²) in [7, 11) is 4.18. The number of aliphatic hydroxyl groups excluding tert-OH is 2. The van der Waals surface area contributed by atoms with Crippen LogP contribution in [0.5, 0.6) is 0 Å². The number of nitrogens with one attached hydrogen (secondary N) is 2. The van der Waals surface area contributed by atoms with Crippen LogP contribution < -0.4 is 16.3 Å². The van der Waals surface area contributed by atoms with Gasteiger partial charge in [0.15, 0.2) is 6.23 Å². The van der Waals surface area contributed by atoms with E-state index in [4.69, 9.17) is 9.26 Å². The molecule has 14 heteroatoms. The van der Waals surface area contributed by atoms with Gasteiger partial charge in [0, 0.05) is 32.1 Å². The van der Waals surface area contributed by atoms with Crippen molar-refractivity contribution in [2.75, 3.05) is 25.0 Å². The molecule has 1 saturated heterocycles. The van der Waals surface area contributed by atoms with Gasteiger partial charge in [0.05, 0.1) is 14.1 Å². The Bertz CT molecular complexity index is 858. The first-order valence-corrected chi connectivity index (χ1v) is 15.7. The highest BCUT2D eigenvalue weighted by molar-refractivity contribution is 8.41. The van der Waals surface area contributed by atoms with Gasteiger partial charge in [-0.3, -0.25) is 9.36 Å². The van der Waals surface area contributed by atoms with Crippen molar-refractivity contribution in [3.8, 4) is 0 Å². The predicted molar refractivity (Wildman–Crippen MR) is 137 cm³/mol. The van der Waals surface area contributed by atoms with Crippen molar-refractivity contribution < 1.29 is 29.1 Å². The zero-order chi connectivity index (χ0) is 25.1. The number of carbonyl (C=O) groups is 2. The Kier molecular flexibility index (Phi) is 13.0. The van der Waals surface area contributed by atoms with E-state index < -0.39 is 37.8 Å². The van der Waals surface area contributed by atoms with Crippen molar-refractivity contribution in [1.29, 1.82) is 0 Å². The molecule has 0 saturated carbocycles. The minimum atomic E-state index is -1.28. The van der Waals surface area contributed by atoms with Crippen LogP contribution in [0.1, 0.15) is 51.7 Å². The number of unbranched alkanes of at least 4 members (excludes halogenated alkanes) is 2. The Balaban J connectivity index is 1.70. The number of hydrogen-bond donors (Lipinski definition) is 4. The summed E-state index contributed by atoms with van der Waals surface area (Å²) in [5, 5.41) is 26.4. The topological polar surface area (TPSA) is 152 Å². The first-order chi connectivity index (χ1) is 16.2. The molecule has 192 valence electrons. The van der Waals surface area contributed by atoms with Gasteiger partial charge in [0.25, 0.3) is 0 Å². The van der Waals surface area contributed by atoms with Crippen LogP contribution in [0.4, 0.5) is 5.82 Å². The zero-order valence-corrected chi connectivity index (χ0v) is 22.5. The molecule has 1 aliphatic rings. The average Bonchev–Trinajstić information content (AvgIpc) is 3.06. The van der Waals surface area contributed by atoms with E-state index in [2.05, 4.69) is 33.5 Å². The maximum absolute atomic E-state index is 12.4. The molecular formula is C20H35N4O7P3. The molecule has 0 spiro atoms. The van der Waals surface area contributed by atoms with Gasteiger partial charge in [-0.05, 0) is 38.7 Å². The molecular weight excluding hydrogens is 501 g/mol. The zero-order valence-electron chi connectivity index (χ0n) is 19.3. The Morgan fingerprint density at radius 3 is 2.56 bits per heavy atom. The van der Waals surface area contributed by atoms with E-state index in [9.17, 15) is 24.6 Å². The fourth-order valence-electron chi connectivity index (χ4n) is 3.40. The number of ketones is 1. The van der Waals surface area contributed by atoms with Crippen LogP contribution in [0.2, 0.25) is 0 Å². The van der Waals surface area contributed by atoms with E-state index in [0.717, 1.165) is 23.8 Å². The number of nitrogens with zero attached hydrogens (tertiary/aromatic N) is 2. The first kappa shape index (κ1) is 29.2. The van der Waals surface area contributed by atoms with Crippen LogP contribution in [0.25, 0.3) is 0 Å². The first-order valence-electron chi connectivity index (χ1n) is 11.2. The highest BCUT2D eigenvalue weighted by Gasteiger charge is 2.44. The fourth-order valence-corrected chi connectivity index (χ4v) is 4.24. The van der Waals surface area contributed by atoms with Gasteiger partial charge in [-0.1, -0.05) is 17.9 Å². The van der Waals surface area contributed by atoms with E-state index in [0.29, 0.717) is 38.2 Å². The van der Waals surface area contributed by atoms with Gasteiger partial charge in [-0.25, -0.2) is 4.79 Å². The van der Waals surface area contributed by atoms with Gasteiger partial charge in [-0.2, -0.15) is 4.98 Å². The lowest BCUT2D eigenvalue weighted by molar-refractivity contribution is -0.121. The van der Waals surface area contributed by atoms with Crippen LogP contribution >= 0.6 is 25.4 Å². The molecule has 1 amide bonds. The summed E-state index contributed by atoms with van der Waals surface area (Å²) < 4.78 is 12.2. The maximum atomic E-state index is 12.4. The Labute approximate surface area is 204 Å². The van der Waals surface area contributed by atoms with Crippen molar-refractivity contribution in [1.82, 2.24) is 14.9 Å². The van der Waals surface area contributed by atoms with E-state index in [-0.39, 0.29) is 18.3 Å². The number of aromatic nitrogens is 2. The lowest BCUT2D eigenvalue weighted by Crippen LogP contribution is -2.36. The summed E-state index contributed by atoms with van der Waals surface area (Å²) in [5.74, 6) is 0.517. The van der Waals surface area contributed by atoms with Gasteiger partial charge in [0.2, 0.25) is 5.91 Å². The lowest BCUT2D eigenvalue weighted by Gasteiger charge is -2.17. The quantitative estimate of drug-likeness (QED) is 0.192. The minimum Gasteiger partial charge on any atom is -0.387 e. The van der Waals surface area contributed by atoms with E-state index >= 15 is 0 Å². The molecule has 34 heavy (non-hydrogen) atoms. The molecule has 6 atom stereocenters. The molecule has 0 aromatic carbocycles. The van der Waals surface area contributed by atoms with E-state index in [1.54, 1.807) is 13.0 Å². The number of rotatable bonds is 15. The third-order valence-electron chi connectivity index (χ3n) is 5.24. The molecule has 0 radical (unpaired) electrons. The third kappa shape index (κ3) is 9.90. The predicted octanol–water partition coefficient (Wildman–Crippen LogP) is 1.31. The number of Topliss-reactive ketones (excluding diaryl/α,β-unsaturated/α-hetero) is 1. The minimum absolute atomic E-state index is 0.0139. The summed E-state index contributed by atoms with van der Waals surface area (Å²) in [6.07, 6.45) is 1.11. The second-order valence-corrected chi connectivity index (χ2v) is 13.9. The second kappa shape index (κ2) is 15.1. The third-order valence-corrected chi connectivity index (χ3v) is 6.59. The molecule has 0 bridgehead atoms. The smallest absolute Gasteiger partial charge is 0.351 e. The number of anilines is 1. The summed E-state index contributed by atoms with van der Waals surface area (Å²) >= 11 is 0. The molecule has 2 rings (SSSR count). The highest BCUT2D eigenvalue weighted by Crippen LogP contribution is 2.53. The Hall–Kier alpha value is -1.05. The number of amides is 1. The lowest BCUT2D eigenvalue weighted by atomic mass is 10.1. The molecule has 4 N–H and O–H groups in total. The van der Waals surface area contributed by atoms with Gasteiger partial charge < -0.3 is 34.9 Å². The second-order valence-electron chi connectivity index (χ2n) is 8.10. The van der Waals surface area contributed by atoms with Crippen molar-refractivity contribution in [2.24, 2.45) is 0 Å². The van der Waals surface area contributed by atoms with Gasteiger partial charge in [-0.15, -0.1) is 0 Å². The summed E-state index contributed by atoms with van der Waals surface area (Å²) in [6, 6.07) is 1.60. The van der Waals surface area contributed by atoms with Crippen LogP contribution in [0.3, 0.4) is 0 Å². The normalized spacial score (nSPS) is 22.2. The van der Waals surface area contributed by atoms with E-state index in [1.165, 1.54) is 6.20 Å². The molecule has 6 unspecified atom stereocenters. The largest absolute Gasteiger partial charge is 0.387 e. The van der Waals surface area contributed by atoms with Crippen LogP contribution in [0.15, 0.2) is 17.1 Å². The number of aliphatic hydroxyl groups is 2. The average molecular weight is 536 g/mol.